The first-order valence-corrected chi connectivity index (χ1v) is 10.3. The van der Waals surface area contributed by atoms with Crippen LogP contribution in [0, 0.1) is 0 Å². The number of rotatable bonds is 6. The van der Waals surface area contributed by atoms with Crippen molar-refractivity contribution >= 4 is 39.2 Å². The number of anilines is 1. The Morgan fingerprint density at radius 3 is 2.62 bits per heavy atom. The highest BCUT2D eigenvalue weighted by molar-refractivity contribution is 7.15. The van der Waals surface area contributed by atoms with E-state index in [9.17, 15) is 9.59 Å². The lowest BCUT2D eigenvalue weighted by atomic mass is 10.2. The molecule has 0 saturated carbocycles. The number of carbonyl (C=O) groups is 1. The number of amides is 1. The van der Waals surface area contributed by atoms with Gasteiger partial charge in [0.25, 0.3) is 11.5 Å². The summed E-state index contributed by atoms with van der Waals surface area (Å²) in [6, 6.07) is 14.0. The molecule has 0 radical (unpaired) electrons. The number of carbonyl (C=O) groups excluding carboxylic acids is 1. The van der Waals surface area contributed by atoms with E-state index in [1.807, 2.05) is 12.1 Å². The first-order valence-electron chi connectivity index (χ1n) is 9.44. The summed E-state index contributed by atoms with van der Waals surface area (Å²) in [6.45, 7) is 0. The van der Waals surface area contributed by atoms with Crippen molar-refractivity contribution in [1.82, 2.24) is 15.2 Å². The van der Waals surface area contributed by atoms with Crippen LogP contribution in [0.2, 0.25) is 0 Å². The lowest BCUT2D eigenvalue weighted by molar-refractivity contribution is 0.0950. The number of nitrogen functional groups attached to an aromatic ring is 1. The molecule has 4 aromatic rings. The molecule has 1 amide bonds. The minimum absolute atomic E-state index is 0.0283. The van der Waals surface area contributed by atoms with Crippen LogP contribution in [0.4, 0.5) is 5.00 Å². The normalized spacial score (nSPS) is 11.1. The number of hydrogen-bond acceptors (Lipinski definition) is 8. The van der Waals surface area contributed by atoms with E-state index in [1.165, 1.54) is 17.6 Å². The Morgan fingerprint density at radius 1 is 1.16 bits per heavy atom. The lowest BCUT2D eigenvalue weighted by Crippen LogP contribution is -2.28. The van der Waals surface area contributed by atoms with Crippen molar-refractivity contribution in [2.75, 3.05) is 20.0 Å². The number of methoxy groups -OCH3 is 2. The number of nitrogens with one attached hydrogen (secondary N) is 1. The number of ether oxygens (including phenoxy) is 2. The minimum Gasteiger partial charge on any atom is -0.497 e. The number of aromatic nitrogens is 2. The number of thiophene rings is 1. The number of nitrogens with zero attached hydrogens (tertiary/aromatic N) is 3. The Hall–Kier alpha value is -4.18. The molecule has 0 saturated heterocycles. The molecule has 10 heteroatoms. The first kappa shape index (κ1) is 21.1. The summed E-state index contributed by atoms with van der Waals surface area (Å²) in [5, 5.41) is 10.9. The molecule has 0 spiro atoms. The maximum atomic E-state index is 13.0. The first-order chi connectivity index (χ1) is 15.5. The van der Waals surface area contributed by atoms with E-state index in [0.717, 1.165) is 4.68 Å². The molecule has 0 aliphatic carbocycles. The van der Waals surface area contributed by atoms with Crippen molar-refractivity contribution in [1.29, 1.82) is 0 Å². The molecular weight excluding hydrogens is 430 g/mol. The van der Waals surface area contributed by atoms with Gasteiger partial charge in [0, 0.05) is 16.3 Å². The van der Waals surface area contributed by atoms with Gasteiger partial charge in [-0.1, -0.05) is 12.1 Å². The third-order valence-electron chi connectivity index (χ3n) is 4.72. The van der Waals surface area contributed by atoms with E-state index in [1.54, 1.807) is 56.0 Å². The van der Waals surface area contributed by atoms with Gasteiger partial charge in [-0.25, -0.2) is 5.43 Å². The molecule has 0 atom stereocenters. The molecule has 0 unspecified atom stereocenters. The second-order valence-corrected chi connectivity index (χ2v) is 7.50. The van der Waals surface area contributed by atoms with Crippen LogP contribution in [-0.2, 0) is 0 Å². The van der Waals surface area contributed by atoms with Crippen LogP contribution >= 0.6 is 11.3 Å². The maximum absolute atomic E-state index is 13.0. The van der Waals surface area contributed by atoms with Crippen LogP contribution in [0.3, 0.4) is 0 Å². The Kier molecular flexibility index (Phi) is 5.86. The van der Waals surface area contributed by atoms with Crippen LogP contribution < -0.4 is 26.2 Å². The molecule has 0 fully saturated rings. The zero-order valence-electron chi connectivity index (χ0n) is 17.2. The van der Waals surface area contributed by atoms with Crippen LogP contribution in [0.25, 0.3) is 16.5 Å². The molecule has 0 bridgehead atoms. The fraction of sp³-hybridized carbons (Fsp3) is 0.0909. The molecular formula is C22H19N5O4S. The van der Waals surface area contributed by atoms with Gasteiger partial charge < -0.3 is 15.2 Å². The van der Waals surface area contributed by atoms with Crippen molar-refractivity contribution in [3.05, 3.63) is 75.5 Å². The second-order valence-electron chi connectivity index (χ2n) is 6.59. The van der Waals surface area contributed by atoms with Gasteiger partial charge >= 0.3 is 0 Å². The smallest absolute Gasteiger partial charge is 0.292 e. The molecule has 0 aliphatic rings. The van der Waals surface area contributed by atoms with Gasteiger partial charge in [0.15, 0.2) is 5.69 Å². The highest BCUT2D eigenvalue weighted by atomic mass is 32.1. The van der Waals surface area contributed by atoms with Gasteiger partial charge in [0.1, 0.15) is 11.5 Å². The molecule has 2 aromatic carbocycles. The largest absolute Gasteiger partial charge is 0.497 e. The summed E-state index contributed by atoms with van der Waals surface area (Å²) in [7, 11) is 3.10. The zero-order valence-corrected chi connectivity index (χ0v) is 18.1. The Bertz CT molecular complexity index is 1380. The average Bonchev–Trinajstić information content (AvgIpc) is 3.21. The van der Waals surface area contributed by atoms with Crippen molar-refractivity contribution in [3.63, 3.8) is 0 Å². The van der Waals surface area contributed by atoms with Crippen LogP contribution in [0.15, 0.2) is 63.8 Å². The second kappa shape index (κ2) is 8.90. The molecule has 3 N–H and O–H groups in total. The number of para-hydroxylation sites is 1. The minimum atomic E-state index is -0.582. The molecule has 2 heterocycles. The Labute approximate surface area is 186 Å². The zero-order chi connectivity index (χ0) is 22.7. The van der Waals surface area contributed by atoms with Gasteiger partial charge in [0.2, 0.25) is 0 Å². The summed E-state index contributed by atoms with van der Waals surface area (Å²) in [4.78, 5) is 25.9. The molecule has 9 nitrogen and oxygen atoms in total. The highest BCUT2D eigenvalue weighted by Gasteiger charge is 2.20. The molecule has 32 heavy (non-hydrogen) atoms. The molecule has 4 rings (SSSR count). The van der Waals surface area contributed by atoms with Gasteiger partial charge in [-0.15, -0.1) is 11.3 Å². The van der Waals surface area contributed by atoms with Crippen molar-refractivity contribution < 1.29 is 14.3 Å². The number of nitrogens with two attached hydrogens (primary N) is 1. The van der Waals surface area contributed by atoms with E-state index < -0.39 is 11.5 Å². The monoisotopic (exact) mass is 449 g/mol. The lowest BCUT2D eigenvalue weighted by Gasteiger charge is -2.09. The standard InChI is InChI=1S/C22H19N5O4S/c1-30-15-9-7-14(8-10-15)27-22(29)18-16(12-32-20(18)23)19(26-27)21(28)25-24-11-13-5-3-4-6-17(13)31-2/h3-12H,23H2,1-2H3,(H,25,28)/b24-11+. The number of hydrazone groups is 1. The maximum Gasteiger partial charge on any atom is 0.292 e. The van der Waals surface area contributed by atoms with E-state index in [-0.39, 0.29) is 11.1 Å². The van der Waals surface area contributed by atoms with E-state index in [4.69, 9.17) is 15.2 Å². The van der Waals surface area contributed by atoms with Crippen molar-refractivity contribution in [2.24, 2.45) is 5.10 Å². The van der Waals surface area contributed by atoms with Gasteiger partial charge in [-0.3, -0.25) is 9.59 Å². The quantitative estimate of drug-likeness (QED) is 0.345. The van der Waals surface area contributed by atoms with Crippen LogP contribution in [0.1, 0.15) is 16.1 Å². The van der Waals surface area contributed by atoms with E-state index in [2.05, 4.69) is 15.6 Å². The topological polar surface area (TPSA) is 121 Å². The van der Waals surface area contributed by atoms with Gasteiger partial charge in [-0.05, 0) is 36.4 Å². The number of fused-ring (bicyclic) bond motifs is 1. The SMILES string of the molecule is COc1ccc(-n2nc(C(=O)N/N=C/c3ccccc3OC)c3csc(N)c3c2=O)cc1. The molecule has 162 valence electrons. The van der Waals surface area contributed by atoms with Crippen LogP contribution in [-0.4, -0.2) is 36.1 Å². The Morgan fingerprint density at radius 2 is 1.91 bits per heavy atom. The predicted octanol–water partition coefficient (Wildman–Crippen LogP) is 2.81. The van der Waals surface area contributed by atoms with E-state index in [0.29, 0.717) is 33.1 Å². The van der Waals surface area contributed by atoms with Crippen molar-refractivity contribution in [2.45, 2.75) is 0 Å². The fourth-order valence-electron chi connectivity index (χ4n) is 3.13. The van der Waals surface area contributed by atoms with Crippen molar-refractivity contribution in [3.8, 4) is 17.2 Å². The van der Waals surface area contributed by atoms with E-state index >= 15 is 0 Å². The summed E-state index contributed by atoms with van der Waals surface area (Å²) < 4.78 is 11.6. The number of hydrogen-bond donors (Lipinski definition) is 2. The fourth-order valence-corrected chi connectivity index (χ4v) is 3.92. The molecule has 2 aromatic heterocycles. The highest BCUT2D eigenvalue weighted by Crippen LogP contribution is 2.27. The van der Waals surface area contributed by atoms with Gasteiger partial charge in [0.05, 0.1) is 36.5 Å². The third kappa shape index (κ3) is 3.91. The summed E-state index contributed by atoms with van der Waals surface area (Å²) in [6.07, 6.45) is 1.47. The van der Waals surface area contributed by atoms with Crippen LogP contribution in [0.5, 0.6) is 11.5 Å². The summed E-state index contributed by atoms with van der Waals surface area (Å²) in [5.74, 6) is 0.660. The van der Waals surface area contributed by atoms with Gasteiger partial charge in [-0.2, -0.15) is 14.9 Å². The third-order valence-corrected chi connectivity index (χ3v) is 5.53. The predicted molar refractivity (Wildman–Crippen MR) is 124 cm³/mol. The summed E-state index contributed by atoms with van der Waals surface area (Å²) in [5.41, 5.74) is 9.25. The summed E-state index contributed by atoms with van der Waals surface area (Å²) >= 11 is 1.17. The Balaban J connectivity index is 1.73. The number of benzene rings is 2. The molecule has 0 aliphatic heterocycles. The average molecular weight is 449 g/mol.